The Morgan fingerprint density at radius 2 is 0.750 bits per heavy atom. The number of carbonyl (C=O) groups is 2. The summed E-state index contributed by atoms with van der Waals surface area (Å²) in [5.74, 6) is -0.443. The van der Waals surface area contributed by atoms with Crippen LogP contribution in [0.3, 0.4) is 0 Å². The van der Waals surface area contributed by atoms with Crippen molar-refractivity contribution >= 4 is 11.9 Å². The van der Waals surface area contributed by atoms with Crippen LogP contribution >= 0.6 is 0 Å². The highest BCUT2D eigenvalue weighted by Gasteiger charge is 2.17. The normalized spacial score (nSPS) is 12.9. The van der Waals surface area contributed by atoms with E-state index in [1.165, 1.54) is 83.5 Å². The molecule has 5 heteroatoms. The number of unbranched alkanes of at least 4 members (excludes halogenated alkanes) is 20. The van der Waals surface area contributed by atoms with Crippen LogP contribution in [0.2, 0.25) is 0 Å². The van der Waals surface area contributed by atoms with Gasteiger partial charge in [-0.1, -0.05) is 183 Å². The Kier molecular flexibility index (Phi) is 48.0. The maximum absolute atomic E-state index is 12.8. The minimum Gasteiger partial charge on any atom is -0.462 e. The lowest BCUT2D eigenvalue weighted by atomic mass is 10.1. The maximum atomic E-state index is 12.8. The van der Waals surface area contributed by atoms with Crippen LogP contribution in [0.4, 0.5) is 0 Å². The first-order valence-electron chi connectivity index (χ1n) is 25.1. The summed E-state index contributed by atoms with van der Waals surface area (Å²) in [4.78, 5) is 25.4. The summed E-state index contributed by atoms with van der Waals surface area (Å²) in [6.45, 7) is 7.58. The van der Waals surface area contributed by atoms with Gasteiger partial charge in [-0.05, 0) is 116 Å². The zero-order valence-electron chi connectivity index (χ0n) is 39.5. The molecule has 344 valence electrons. The van der Waals surface area contributed by atoms with Crippen LogP contribution in [0.15, 0.2) is 85.1 Å². The third kappa shape index (κ3) is 47.8. The molecule has 0 radical (unpaired) electrons. The van der Waals surface area contributed by atoms with Crippen LogP contribution in [0.5, 0.6) is 0 Å². The predicted molar refractivity (Wildman–Crippen MR) is 260 cm³/mol. The largest absolute Gasteiger partial charge is 0.462 e. The van der Waals surface area contributed by atoms with Gasteiger partial charge in [0.05, 0.1) is 6.61 Å². The van der Waals surface area contributed by atoms with E-state index in [2.05, 4.69) is 106 Å². The van der Waals surface area contributed by atoms with E-state index >= 15 is 0 Å². The predicted octanol–water partition coefficient (Wildman–Crippen LogP) is 16.9. The third-order valence-electron chi connectivity index (χ3n) is 10.4. The lowest BCUT2D eigenvalue weighted by Gasteiger charge is -2.18. The molecule has 0 aromatic carbocycles. The van der Waals surface area contributed by atoms with E-state index in [1.54, 1.807) is 0 Å². The van der Waals surface area contributed by atoms with Gasteiger partial charge in [0.15, 0.2) is 6.10 Å². The Labute approximate surface area is 371 Å². The number of hydrogen-bond donors (Lipinski definition) is 0. The zero-order valence-corrected chi connectivity index (χ0v) is 39.5. The van der Waals surface area contributed by atoms with Gasteiger partial charge in [-0.15, -0.1) is 0 Å². The van der Waals surface area contributed by atoms with Crippen LogP contribution in [0, 0.1) is 0 Å². The van der Waals surface area contributed by atoms with E-state index in [9.17, 15) is 9.59 Å². The molecule has 0 N–H and O–H groups in total. The maximum Gasteiger partial charge on any atom is 0.306 e. The molecule has 5 nitrogen and oxygen atoms in total. The molecule has 1 atom stereocenters. The number of hydrogen-bond acceptors (Lipinski definition) is 5. The second kappa shape index (κ2) is 50.4. The van der Waals surface area contributed by atoms with Crippen LogP contribution in [0.1, 0.15) is 226 Å². The molecule has 0 spiro atoms. The Morgan fingerprint density at radius 3 is 1.25 bits per heavy atom. The molecule has 0 saturated heterocycles. The summed E-state index contributed by atoms with van der Waals surface area (Å²) in [6, 6.07) is 0. The van der Waals surface area contributed by atoms with E-state index in [0.29, 0.717) is 19.4 Å². The van der Waals surface area contributed by atoms with Crippen LogP contribution < -0.4 is 0 Å². The Hall–Kier alpha value is -2.92. The second-order valence-corrected chi connectivity index (χ2v) is 16.3. The molecule has 0 aliphatic carbocycles. The molecule has 1 unspecified atom stereocenters. The summed E-state index contributed by atoms with van der Waals surface area (Å²) in [7, 11) is 0. The van der Waals surface area contributed by atoms with Gasteiger partial charge in [-0.25, -0.2) is 0 Å². The molecule has 60 heavy (non-hydrogen) atoms. The fourth-order valence-electron chi connectivity index (χ4n) is 6.64. The first kappa shape index (κ1) is 57.1. The van der Waals surface area contributed by atoms with Gasteiger partial charge in [0.1, 0.15) is 6.61 Å². The molecule has 0 heterocycles. The van der Waals surface area contributed by atoms with Crippen molar-refractivity contribution in [2.75, 3.05) is 19.8 Å². The molecule has 0 bridgehead atoms. The van der Waals surface area contributed by atoms with Crippen molar-refractivity contribution in [3.63, 3.8) is 0 Å². The molecule has 0 fully saturated rings. The molecule has 0 aliphatic rings. The van der Waals surface area contributed by atoms with E-state index in [1.807, 2.05) is 0 Å². The van der Waals surface area contributed by atoms with Crippen molar-refractivity contribution in [2.45, 2.75) is 232 Å². The van der Waals surface area contributed by atoms with Gasteiger partial charge in [0, 0.05) is 19.4 Å². The second-order valence-electron chi connectivity index (χ2n) is 16.3. The number of ether oxygens (including phenoxy) is 3. The SMILES string of the molecule is CC/C=C\C/C=C\C/C=C\C/C=C\CCCCCOCC(COC(=O)CCCCCCC/C=C\C/C=C\CCCCC)OC(=O)CCCCCCC/C=C\CCCCCC. The van der Waals surface area contributed by atoms with Gasteiger partial charge < -0.3 is 14.2 Å². The molecule has 0 aliphatic heterocycles. The minimum atomic E-state index is -0.566. The molecule has 0 aromatic rings. The van der Waals surface area contributed by atoms with Crippen LogP contribution in [-0.2, 0) is 23.8 Å². The summed E-state index contributed by atoms with van der Waals surface area (Å²) < 4.78 is 17.3. The molecule has 0 aromatic heterocycles. The molecule has 0 amide bonds. The smallest absolute Gasteiger partial charge is 0.306 e. The lowest BCUT2D eigenvalue weighted by Crippen LogP contribution is -2.30. The van der Waals surface area contributed by atoms with Crippen molar-refractivity contribution in [1.82, 2.24) is 0 Å². The number of carbonyl (C=O) groups excluding carboxylic acids is 2. The van der Waals surface area contributed by atoms with Crippen molar-refractivity contribution in [3.05, 3.63) is 85.1 Å². The van der Waals surface area contributed by atoms with Gasteiger partial charge in [-0.3, -0.25) is 9.59 Å². The topological polar surface area (TPSA) is 61.8 Å². The number of esters is 2. The monoisotopic (exact) mass is 835 g/mol. The van der Waals surface area contributed by atoms with Crippen LogP contribution in [0.25, 0.3) is 0 Å². The fraction of sp³-hybridized carbons (Fsp3) is 0.709. The summed E-state index contributed by atoms with van der Waals surface area (Å²) >= 11 is 0. The van der Waals surface area contributed by atoms with Crippen molar-refractivity contribution in [3.8, 4) is 0 Å². The van der Waals surface area contributed by atoms with Crippen molar-refractivity contribution in [2.24, 2.45) is 0 Å². The fourth-order valence-corrected chi connectivity index (χ4v) is 6.64. The zero-order chi connectivity index (χ0) is 43.5. The molecule has 0 saturated carbocycles. The average molecular weight is 835 g/mol. The summed E-state index contributed by atoms with van der Waals surface area (Å²) in [5.41, 5.74) is 0. The number of allylic oxidation sites excluding steroid dienone is 14. The van der Waals surface area contributed by atoms with E-state index in [4.69, 9.17) is 14.2 Å². The molecule has 0 rings (SSSR count). The van der Waals surface area contributed by atoms with E-state index in [-0.39, 0.29) is 25.2 Å². The highest BCUT2D eigenvalue weighted by atomic mass is 16.6. The van der Waals surface area contributed by atoms with Crippen molar-refractivity contribution < 1.29 is 23.8 Å². The number of rotatable bonds is 45. The van der Waals surface area contributed by atoms with Crippen molar-refractivity contribution in [1.29, 1.82) is 0 Å². The average Bonchev–Trinajstić information content (AvgIpc) is 3.25. The highest BCUT2D eigenvalue weighted by Crippen LogP contribution is 2.12. The highest BCUT2D eigenvalue weighted by molar-refractivity contribution is 5.70. The first-order valence-corrected chi connectivity index (χ1v) is 25.1. The molecular formula is C55H94O5. The van der Waals surface area contributed by atoms with Gasteiger partial charge in [0.25, 0.3) is 0 Å². The van der Waals surface area contributed by atoms with Crippen LogP contribution in [-0.4, -0.2) is 37.9 Å². The summed E-state index contributed by atoms with van der Waals surface area (Å²) in [6.07, 6.45) is 65.8. The van der Waals surface area contributed by atoms with E-state index < -0.39 is 6.10 Å². The Morgan fingerprint density at radius 1 is 0.383 bits per heavy atom. The molecular weight excluding hydrogens is 741 g/mol. The Bertz CT molecular complexity index is 1130. The minimum absolute atomic E-state index is 0.0583. The Balaban J connectivity index is 4.37. The quantitative estimate of drug-likeness (QED) is 0.0347. The third-order valence-corrected chi connectivity index (χ3v) is 10.4. The standard InChI is InChI=1S/C55H94O5/c1-4-7-10-13-16-19-22-25-27-29-32-35-38-41-44-47-50-58-51-53(60-55(57)49-46-43-40-37-34-30-24-21-18-15-12-9-6-3)52-59-54(56)48-45-42-39-36-33-31-28-26-23-20-17-14-11-8-5-2/h7,10,16-17,19-21,24-28,32,35,53H,4-6,8-9,11-15,18,22-23,29-31,33-34,36-52H2,1-3H3/b10-7-,19-16-,20-17-,24-21-,27-25-,28-26-,35-32-. The lowest BCUT2D eigenvalue weighted by molar-refractivity contribution is -0.163. The first-order chi connectivity index (χ1) is 29.6. The summed E-state index contributed by atoms with van der Waals surface area (Å²) in [5, 5.41) is 0. The van der Waals surface area contributed by atoms with Gasteiger partial charge in [0.2, 0.25) is 0 Å². The van der Waals surface area contributed by atoms with E-state index in [0.717, 1.165) is 109 Å². The van der Waals surface area contributed by atoms with Gasteiger partial charge in [-0.2, -0.15) is 0 Å². The van der Waals surface area contributed by atoms with Gasteiger partial charge >= 0.3 is 11.9 Å².